The number of likely N-dealkylation sites (N-methyl/N-ethyl adjacent to an activating group) is 1. The molecule has 1 atom stereocenters. The smallest absolute Gasteiger partial charge is 0.460 e. The Bertz CT molecular complexity index is 889. The minimum Gasteiger partial charge on any atom is -0.465 e. The van der Waals surface area contributed by atoms with Gasteiger partial charge in [0.25, 0.3) is 0 Å². The van der Waals surface area contributed by atoms with E-state index < -0.39 is 67.1 Å². The summed E-state index contributed by atoms with van der Waals surface area (Å²) in [7, 11) is 1.49. The molecule has 220 valence electrons. The van der Waals surface area contributed by atoms with E-state index in [1.165, 1.54) is 7.05 Å². The van der Waals surface area contributed by atoms with Crippen molar-refractivity contribution in [3.05, 3.63) is 35.9 Å². The van der Waals surface area contributed by atoms with Crippen LogP contribution in [0.25, 0.3) is 0 Å². The Hall–Kier alpha value is -2.26. The summed E-state index contributed by atoms with van der Waals surface area (Å²) < 4.78 is 175. The topological polar surface area (TPSA) is 38.3 Å². The van der Waals surface area contributed by atoms with Crippen molar-refractivity contribution in [2.45, 2.75) is 80.4 Å². The van der Waals surface area contributed by atoms with Gasteiger partial charge in [0.15, 0.2) is 0 Å². The van der Waals surface area contributed by atoms with Gasteiger partial charge in [-0.3, -0.25) is 4.79 Å². The summed E-state index contributed by atoms with van der Waals surface area (Å²) >= 11 is 0. The van der Waals surface area contributed by atoms with Crippen LogP contribution in [0.2, 0.25) is 0 Å². The first kappa shape index (κ1) is 33.8. The summed E-state index contributed by atoms with van der Waals surface area (Å²) in [6, 6.07) is 8.04. The van der Waals surface area contributed by atoms with Crippen molar-refractivity contribution in [3.8, 4) is 0 Å². The van der Waals surface area contributed by atoms with Crippen molar-refractivity contribution < 1.29 is 66.6 Å². The number of hydrogen-bond donors (Lipinski definition) is 1. The summed E-state index contributed by atoms with van der Waals surface area (Å²) in [6.07, 6.45) is -10.9. The lowest BCUT2D eigenvalue weighted by molar-refractivity contribution is -0.440. The van der Waals surface area contributed by atoms with E-state index in [1.807, 2.05) is 0 Å². The molecule has 0 aliphatic carbocycles. The number of carbonyl (C=O) groups is 1. The van der Waals surface area contributed by atoms with E-state index in [2.05, 4.69) is 5.32 Å². The van der Waals surface area contributed by atoms with Gasteiger partial charge in [0.1, 0.15) is 6.04 Å². The van der Waals surface area contributed by atoms with Gasteiger partial charge in [0.05, 0.1) is 6.61 Å². The highest BCUT2D eigenvalue weighted by Crippen LogP contribution is 2.60. The van der Waals surface area contributed by atoms with Crippen molar-refractivity contribution in [1.82, 2.24) is 5.32 Å². The first-order valence-electron chi connectivity index (χ1n) is 11.0. The van der Waals surface area contributed by atoms with Crippen LogP contribution < -0.4 is 5.32 Å². The number of rotatable bonds is 15. The number of hydrogen-bond acceptors (Lipinski definition) is 3. The summed E-state index contributed by atoms with van der Waals surface area (Å²) in [5.41, 5.74) is 0.812. The molecule has 0 unspecified atom stereocenters. The van der Waals surface area contributed by atoms with Crippen LogP contribution in [-0.2, 0) is 16.0 Å². The van der Waals surface area contributed by atoms with Crippen LogP contribution in [0.5, 0.6) is 0 Å². The second kappa shape index (κ2) is 12.3. The van der Waals surface area contributed by atoms with Gasteiger partial charge in [-0.15, -0.1) is 0 Å². The van der Waals surface area contributed by atoms with Gasteiger partial charge in [0, 0.05) is 6.42 Å². The van der Waals surface area contributed by atoms with E-state index in [4.69, 9.17) is 4.74 Å². The quantitative estimate of drug-likeness (QED) is 0.137. The Labute approximate surface area is 208 Å². The van der Waals surface area contributed by atoms with Gasteiger partial charge in [-0.2, -0.15) is 57.1 Å². The predicted molar refractivity (Wildman–Crippen MR) is 108 cm³/mol. The lowest BCUT2D eigenvalue weighted by Crippen LogP contribution is -2.70. The van der Waals surface area contributed by atoms with Crippen LogP contribution in [0.15, 0.2) is 30.3 Å². The van der Waals surface area contributed by atoms with Gasteiger partial charge in [-0.1, -0.05) is 43.2 Å². The second-order valence-electron chi connectivity index (χ2n) is 8.36. The van der Waals surface area contributed by atoms with Crippen molar-refractivity contribution >= 4 is 5.97 Å². The molecular weight excluding hydrogens is 557 g/mol. The SMILES string of the molecule is CN[C@@H](Cc1ccccc1)C(=O)OCCCCCCC(F)(F)C(F)(F)C(F)(F)C(F)(F)C(F)(F)C(F)(F)F. The summed E-state index contributed by atoms with van der Waals surface area (Å²) in [6.45, 7) is -0.241. The van der Waals surface area contributed by atoms with Crippen LogP contribution in [-0.4, -0.2) is 61.5 Å². The average Bonchev–Trinajstić information content (AvgIpc) is 2.81. The summed E-state index contributed by atoms with van der Waals surface area (Å²) in [4.78, 5) is 12.1. The van der Waals surface area contributed by atoms with E-state index in [0.29, 0.717) is 0 Å². The molecular formula is C22H24F13NO2. The van der Waals surface area contributed by atoms with Gasteiger partial charge >= 0.3 is 41.8 Å². The van der Waals surface area contributed by atoms with Crippen LogP contribution in [0.1, 0.15) is 37.7 Å². The molecule has 1 aromatic rings. The predicted octanol–water partition coefficient (Wildman–Crippen LogP) is 7.05. The van der Waals surface area contributed by atoms with Crippen LogP contribution in [0, 0.1) is 0 Å². The van der Waals surface area contributed by atoms with Crippen molar-refractivity contribution in [2.24, 2.45) is 0 Å². The molecule has 1 N–H and O–H groups in total. The maximum absolute atomic E-state index is 13.7. The molecule has 38 heavy (non-hydrogen) atoms. The molecule has 0 aliphatic rings. The number of benzene rings is 1. The number of unbranched alkanes of at least 4 members (excludes halogenated alkanes) is 3. The zero-order chi connectivity index (χ0) is 29.6. The summed E-state index contributed by atoms with van der Waals surface area (Å²) in [5.74, 6) is -37.4. The van der Waals surface area contributed by atoms with Crippen LogP contribution in [0.4, 0.5) is 57.1 Å². The van der Waals surface area contributed by atoms with E-state index in [0.717, 1.165) is 5.56 Å². The third-order valence-corrected chi connectivity index (χ3v) is 5.54. The Morgan fingerprint density at radius 3 is 1.74 bits per heavy atom. The molecule has 0 heterocycles. The molecule has 0 bridgehead atoms. The van der Waals surface area contributed by atoms with E-state index in [-0.39, 0.29) is 25.9 Å². The minimum absolute atomic E-state index is 0.00150. The van der Waals surface area contributed by atoms with Crippen molar-refractivity contribution in [1.29, 1.82) is 0 Å². The number of ether oxygens (including phenoxy) is 1. The highest BCUT2D eigenvalue weighted by Gasteiger charge is 2.90. The standard InChI is InChI=1S/C22H24F13NO2/c1-36-15(13-14-9-5-4-6-10-14)16(37)38-12-8-3-2-7-11-17(23,24)18(25,26)19(27,28)20(29,30)21(31,32)22(33,34)35/h4-6,9-10,15,36H,2-3,7-8,11-13H2,1H3/t15-/m0/s1. The molecule has 1 aromatic carbocycles. The largest absolute Gasteiger partial charge is 0.465 e. The first-order valence-corrected chi connectivity index (χ1v) is 11.0. The maximum atomic E-state index is 13.7. The van der Waals surface area contributed by atoms with Gasteiger partial charge in [-0.25, -0.2) is 0 Å². The fourth-order valence-electron chi connectivity index (χ4n) is 3.19. The average molecular weight is 581 g/mol. The fourth-order valence-corrected chi connectivity index (χ4v) is 3.19. The zero-order valence-corrected chi connectivity index (χ0v) is 19.6. The van der Waals surface area contributed by atoms with E-state index in [9.17, 15) is 61.9 Å². The zero-order valence-electron chi connectivity index (χ0n) is 19.6. The molecule has 0 fully saturated rings. The molecule has 0 aliphatic heterocycles. The number of halogens is 13. The van der Waals surface area contributed by atoms with E-state index in [1.54, 1.807) is 30.3 Å². The molecule has 0 spiro atoms. The van der Waals surface area contributed by atoms with Crippen molar-refractivity contribution in [3.63, 3.8) is 0 Å². The number of nitrogens with one attached hydrogen (secondary N) is 1. The highest BCUT2D eigenvalue weighted by molar-refractivity contribution is 5.76. The number of esters is 1. The van der Waals surface area contributed by atoms with Crippen LogP contribution >= 0.6 is 0 Å². The maximum Gasteiger partial charge on any atom is 0.460 e. The van der Waals surface area contributed by atoms with E-state index >= 15 is 0 Å². The van der Waals surface area contributed by atoms with Crippen LogP contribution in [0.3, 0.4) is 0 Å². The second-order valence-corrected chi connectivity index (χ2v) is 8.36. The molecule has 0 radical (unpaired) electrons. The third-order valence-electron chi connectivity index (χ3n) is 5.54. The molecule has 0 amide bonds. The fraction of sp³-hybridized carbons (Fsp3) is 0.682. The lowest BCUT2D eigenvalue weighted by atomic mass is 9.91. The Morgan fingerprint density at radius 1 is 0.737 bits per heavy atom. The normalized spacial score (nSPS) is 14.9. The molecule has 3 nitrogen and oxygen atoms in total. The van der Waals surface area contributed by atoms with Gasteiger partial charge < -0.3 is 10.1 Å². The molecule has 16 heteroatoms. The lowest BCUT2D eigenvalue weighted by Gasteiger charge is -2.39. The minimum atomic E-state index is -7.89. The molecule has 0 saturated heterocycles. The Kier molecular flexibility index (Phi) is 10.9. The molecule has 0 saturated carbocycles. The highest BCUT2D eigenvalue weighted by atomic mass is 19.4. The Morgan fingerprint density at radius 2 is 1.24 bits per heavy atom. The van der Waals surface area contributed by atoms with Gasteiger partial charge in [0.2, 0.25) is 0 Å². The number of carbonyl (C=O) groups excluding carboxylic acids is 1. The number of alkyl halides is 13. The molecule has 0 aromatic heterocycles. The van der Waals surface area contributed by atoms with Gasteiger partial charge in [-0.05, 0) is 31.9 Å². The third kappa shape index (κ3) is 7.03. The molecule has 1 rings (SSSR count). The monoisotopic (exact) mass is 581 g/mol. The van der Waals surface area contributed by atoms with Crippen molar-refractivity contribution in [2.75, 3.05) is 13.7 Å². The summed E-state index contributed by atoms with van der Waals surface area (Å²) in [5, 5.41) is 2.73. The first-order chi connectivity index (χ1) is 17.2. The Balaban J connectivity index is 2.61.